The summed E-state index contributed by atoms with van der Waals surface area (Å²) in [4.78, 5) is 35.2. The third kappa shape index (κ3) is 7.57. The Morgan fingerprint density at radius 2 is 1.81 bits per heavy atom. The molecule has 0 atom stereocenters. The minimum Gasteiger partial charge on any atom is -0.491 e. The molecule has 8 nitrogen and oxygen atoms in total. The van der Waals surface area contributed by atoms with E-state index in [2.05, 4.69) is 15.3 Å². The van der Waals surface area contributed by atoms with Crippen molar-refractivity contribution < 1.29 is 19.1 Å². The molecular formula is C27H30Cl2N4O4. The number of nitrogens with one attached hydrogen (secondary N) is 1. The van der Waals surface area contributed by atoms with E-state index in [-0.39, 0.29) is 12.4 Å². The number of aryl methyl sites for hydroxylation is 1. The minimum absolute atomic E-state index is 0.0161. The second-order valence-corrected chi connectivity index (χ2v) is 10.3. The molecule has 0 aliphatic heterocycles. The Hall–Kier alpha value is -3.36. The van der Waals surface area contributed by atoms with E-state index in [1.54, 1.807) is 31.3 Å². The molecule has 1 aromatic heterocycles. The molecule has 0 spiro atoms. The standard InChI is InChI=1S/C27H30Cl2N4O4/c1-16-7-10-22(36-14-13-33(6)26(35)37-27(3,4)5)17(2)23(16)32-25(34)24-30-12-11-21(31-24)19-15-18(28)8-9-20(19)29/h7-12,15H,13-14H2,1-6H3,(H,32,34). The number of aromatic nitrogens is 2. The first-order valence-electron chi connectivity index (χ1n) is 11.6. The van der Waals surface area contributed by atoms with Gasteiger partial charge in [-0.15, -0.1) is 0 Å². The number of likely N-dealkylation sites (N-methyl/N-ethyl adjacent to an activating group) is 1. The molecule has 196 valence electrons. The Bertz CT molecular complexity index is 1310. The molecule has 0 unspecified atom stereocenters. The zero-order valence-electron chi connectivity index (χ0n) is 21.7. The van der Waals surface area contributed by atoms with Crippen molar-refractivity contribution >= 4 is 40.9 Å². The van der Waals surface area contributed by atoms with Crippen molar-refractivity contribution in [2.75, 3.05) is 25.5 Å². The van der Waals surface area contributed by atoms with Crippen molar-refractivity contribution in [2.45, 2.75) is 40.2 Å². The maximum atomic E-state index is 13.1. The predicted molar refractivity (Wildman–Crippen MR) is 146 cm³/mol. The van der Waals surface area contributed by atoms with Gasteiger partial charge in [0.1, 0.15) is 18.0 Å². The highest BCUT2D eigenvalue weighted by atomic mass is 35.5. The first-order chi connectivity index (χ1) is 17.4. The summed E-state index contributed by atoms with van der Waals surface area (Å²) in [7, 11) is 1.65. The van der Waals surface area contributed by atoms with Gasteiger partial charge in [0.15, 0.2) is 0 Å². The summed E-state index contributed by atoms with van der Waals surface area (Å²) in [5, 5.41) is 3.86. The van der Waals surface area contributed by atoms with Gasteiger partial charge in [0, 0.05) is 29.4 Å². The summed E-state index contributed by atoms with van der Waals surface area (Å²) < 4.78 is 11.3. The monoisotopic (exact) mass is 544 g/mol. The van der Waals surface area contributed by atoms with Crippen LogP contribution in [-0.4, -0.2) is 52.7 Å². The lowest BCUT2D eigenvalue weighted by Crippen LogP contribution is -2.36. The van der Waals surface area contributed by atoms with Crippen LogP contribution in [0.25, 0.3) is 11.3 Å². The quantitative estimate of drug-likeness (QED) is 0.361. The number of anilines is 1. The lowest BCUT2D eigenvalue weighted by atomic mass is 10.1. The molecule has 0 radical (unpaired) electrons. The predicted octanol–water partition coefficient (Wildman–Crippen LogP) is 6.57. The average Bonchev–Trinajstić information content (AvgIpc) is 2.83. The summed E-state index contributed by atoms with van der Waals surface area (Å²) in [6.07, 6.45) is 1.07. The maximum absolute atomic E-state index is 13.1. The number of hydrogen-bond donors (Lipinski definition) is 1. The number of carbonyl (C=O) groups is 2. The summed E-state index contributed by atoms with van der Waals surface area (Å²) in [5.41, 5.74) is 2.69. The first kappa shape index (κ1) is 28.2. The van der Waals surface area contributed by atoms with Crippen LogP contribution in [0.5, 0.6) is 5.75 Å². The largest absolute Gasteiger partial charge is 0.491 e. The molecule has 10 heteroatoms. The van der Waals surface area contributed by atoms with E-state index >= 15 is 0 Å². The Labute approximate surface area is 226 Å². The summed E-state index contributed by atoms with van der Waals surface area (Å²) >= 11 is 12.4. The second-order valence-electron chi connectivity index (χ2n) is 9.47. The fourth-order valence-corrected chi connectivity index (χ4v) is 3.77. The van der Waals surface area contributed by atoms with Gasteiger partial charge in [-0.1, -0.05) is 29.3 Å². The van der Waals surface area contributed by atoms with E-state index in [0.717, 1.165) is 11.1 Å². The highest BCUT2D eigenvalue weighted by molar-refractivity contribution is 6.35. The fourth-order valence-electron chi connectivity index (χ4n) is 3.38. The van der Waals surface area contributed by atoms with Crippen LogP contribution in [0.3, 0.4) is 0 Å². The normalized spacial score (nSPS) is 11.1. The molecule has 0 fully saturated rings. The molecule has 0 saturated carbocycles. The van der Waals surface area contributed by atoms with Crippen LogP contribution in [0.2, 0.25) is 10.0 Å². The Balaban J connectivity index is 1.72. The van der Waals surface area contributed by atoms with Crippen molar-refractivity contribution in [1.82, 2.24) is 14.9 Å². The van der Waals surface area contributed by atoms with Gasteiger partial charge in [0.05, 0.1) is 22.9 Å². The van der Waals surface area contributed by atoms with Crippen LogP contribution in [0, 0.1) is 13.8 Å². The van der Waals surface area contributed by atoms with Crippen LogP contribution in [0.1, 0.15) is 42.5 Å². The smallest absolute Gasteiger partial charge is 0.410 e. The third-order valence-corrected chi connectivity index (χ3v) is 5.88. The van der Waals surface area contributed by atoms with Gasteiger partial charge in [0.2, 0.25) is 5.82 Å². The Morgan fingerprint density at radius 3 is 2.51 bits per heavy atom. The fraction of sp³-hybridized carbons (Fsp3) is 0.333. The van der Waals surface area contributed by atoms with Gasteiger partial charge in [-0.05, 0) is 70.5 Å². The zero-order valence-corrected chi connectivity index (χ0v) is 23.2. The molecule has 1 heterocycles. The molecule has 1 N–H and O–H groups in total. The van der Waals surface area contributed by atoms with E-state index in [4.69, 9.17) is 32.7 Å². The number of rotatable bonds is 7. The lowest BCUT2D eigenvalue weighted by Gasteiger charge is -2.24. The van der Waals surface area contributed by atoms with Crippen molar-refractivity contribution in [3.8, 4) is 17.0 Å². The molecule has 0 bridgehead atoms. The van der Waals surface area contributed by atoms with Crippen LogP contribution < -0.4 is 10.1 Å². The van der Waals surface area contributed by atoms with Crippen molar-refractivity contribution in [2.24, 2.45) is 0 Å². The lowest BCUT2D eigenvalue weighted by molar-refractivity contribution is 0.0278. The van der Waals surface area contributed by atoms with Crippen LogP contribution in [0.4, 0.5) is 10.5 Å². The number of ether oxygens (including phenoxy) is 2. The van der Waals surface area contributed by atoms with Crippen LogP contribution in [-0.2, 0) is 4.74 Å². The molecule has 0 saturated heterocycles. The molecule has 2 aromatic carbocycles. The molecule has 0 aliphatic rings. The number of halogens is 2. The van der Waals surface area contributed by atoms with E-state index in [9.17, 15) is 9.59 Å². The van der Waals surface area contributed by atoms with Gasteiger partial charge in [-0.25, -0.2) is 14.8 Å². The number of hydrogen-bond acceptors (Lipinski definition) is 6. The number of benzene rings is 2. The SMILES string of the molecule is Cc1ccc(OCCN(C)C(=O)OC(C)(C)C)c(C)c1NC(=O)c1nccc(-c2cc(Cl)ccc2Cl)n1. The zero-order chi connectivity index (χ0) is 27.3. The maximum Gasteiger partial charge on any atom is 0.410 e. The van der Waals surface area contributed by atoms with Gasteiger partial charge in [-0.2, -0.15) is 0 Å². The summed E-state index contributed by atoms with van der Waals surface area (Å²) in [6.45, 7) is 9.75. The topological polar surface area (TPSA) is 93.7 Å². The van der Waals surface area contributed by atoms with E-state index in [0.29, 0.717) is 39.3 Å². The summed E-state index contributed by atoms with van der Waals surface area (Å²) in [6, 6.07) is 10.4. The number of amides is 2. The molecule has 0 aliphatic carbocycles. The van der Waals surface area contributed by atoms with Crippen LogP contribution >= 0.6 is 23.2 Å². The van der Waals surface area contributed by atoms with E-state index in [1.165, 1.54) is 11.1 Å². The molecule has 2 amide bonds. The van der Waals surface area contributed by atoms with Gasteiger partial charge in [-0.3, -0.25) is 4.79 Å². The van der Waals surface area contributed by atoms with Crippen LogP contribution in [0.15, 0.2) is 42.6 Å². The molecule has 37 heavy (non-hydrogen) atoms. The van der Waals surface area contributed by atoms with E-state index < -0.39 is 17.6 Å². The van der Waals surface area contributed by atoms with Gasteiger partial charge < -0.3 is 19.7 Å². The highest BCUT2D eigenvalue weighted by Crippen LogP contribution is 2.31. The molecular weight excluding hydrogens is 515 g/mol. The number of carbonyl (C=O) groups excluding carboxylic acids is 2. The second kappa shape index (κ2) is 11.8. The molecule has 3 aromatic rings. The average molecular weight is 545 g/mol. The molecule has 3 rings (SSSR count). The minimum atomic E-state index is -0.573. The van der Waals surface area contributed by atoms with Crippen molar-refractivity contribution in [3.05, 3.63) is 69.6 Å². The van der Waals surface area contributed by atoms with Gasteiger partial charge in [0.25, 0.3) is 5.91 Å². The summed E-state index contributed by atoms with van der Waals surface area (Å²) in [5.74, 6) is 0.0875. The Morgan fingerprint density at radius 1 is 1.08 bits per heavy atom. The highest BCUT2D eigenvalue weighted by Gasteiger charge is 2.20. The first-order valence-corrected chi connectivity index (χ1v) is 12.4. The van der Waals surface area contributed by atoms with Crippen molar-refractivity contribution in [3.63, 3.8) is 0 Å². The number of nitrogens with zero attached hydrogens (tertiary/aromatic N) is 3. The van der Waals surface area contributed by atoms with E-state index in [1.807, 2.05) is 46.8 Å². The Kier molecular flexibility index (Phi) is 8.99. The van der Waals surface area contributed by atoms with Crippen molar-refractivity contribution in [1.29, 1.82) is 0 Å². The third-order valence-electron chi connectivity index (χ3n) is 5.31. The van der Waals surface area contributed by atoms with Gasteiger partial charge >= 0.3 is 6.09 Å².